The van der Waals surface area contributed by atoms with E-state index in [1.54, 1.807) is 0 Å². The zero-order chi connectivity index (χ0) is 13.9. The van der Waals surface area contributed by atoms with E-state index in [1.807, 2.05) is 37.3 Å². The molecule has 0 aromatic heterocycles. The molecule has 0 N–H and O–H groups in total. The van der Waals surface area contributed by atoms with Crippen LogP contribution in [0.15, 0.2) is 30.3 Å². The standard InChI is InChI=1S/C17H26O2/c1-3-4-5-7-10-15(2)19-17(18)14-13-16-11-8-6-9-12-16/h6,8-9,11-12,15H,3-5,7,10,13-14H2,1-2H3/t15-/m1/s1. The van der Waals surface area contributed by atoms with E-state index in [9.17, 15) is 4.79 Å². The summed E-state index contributed by atoms with van der Waals surface area (Å²) in [6.07, 6.45) is 7.19. The highest BCUT2D eigenvalue weighted by atomic mass is 16.5. The molecule has 2 nitrogen and oxygen atoms in total. The topological polar surface area (TPSA) is 26.3 Å². The molecular formula is C17H26O2. The number of hydrogen-bond donors (Lipinski definition) is 0. The fourth-order valence-corrected chi connectivity index (χ4v) is 2.09. The van der Waals surface area contributed by atoms with Gasteiger partial charge in [0.1, 0.15) is 0 Å². The molecule has 0 aliphatic carbocycles. The van der Waals surface area contributed by atoms with E-state index in [4.69, 9.17) is 4.74 Å². The first kappa shape index (κ1) is 15.7. The van der Waals surface area contributed by atoms with Crippen LogP contribution >= 0.6 is 0 Å². The normalized spacial score (nSPS) is 12.1. The average molecular weight is 262 g/mol. The third-order valence-electron chi connectivity index (χ3n) is 3.26. The van der Waals surface area contributed by atoms with Crippen molar-refractivity contribution >= 4 is 5.97 Å². The highest BCUT2D eigenvalue weighted by Gasteiger charge is 2.09. The van der Waals surface area contributed by atoms with Crippen LogP contribution in [0.4, 0.5) is 0 Å². The van der Waals surface area contributed by atoms with E-state index in [0.29, 0.717) is 6.42 Å². The molecule has 0 spiro atoms. The summed E-state index contributed by atoms with van der Waals surface area (Å²) in [5.41, 5.74) is 1.19. The van der Waals surface area contributed by atoms with E-state index in [1.165, 1.54) is 24.8 Å². The van der Waals surface area contributed by atoms with Crippen molar-refractivity contribution < 1.29 is 9.53 Å². The third kappa shape index (κ3) is 7.66. The predicted octanol–water partition coefficient (Wildman–Crippen LogP) is 4.52. The van der Waals surface area contributed by atoms with Gasteiger partial charge in [-0.15, -0.1) is 0 Å². The molecule has 1 aromatic rings. The van der Waals surface area contributed by atoms with Crippen LogP contribution in [0.3, 0.4) is 0 Å². The summed E-state index contributed by atoms with van der Waals surface area (Å²) in [5.74, 6) is -0.0770. The van der Waals surface area contributed by atoms with Crippen molar-refractivity contribution in [1.29, 1.82) is 0 Å². The largest absolute Gasteiger partial charge is 0.463 e. The summed E-state index contributed by atoms with van der Waals surface area (Å²) in [6.45, 7) is 4.19. The first-order valence-corrected chi connectivity index (χ1v) is 7.45. The first-order valence-electron chi connectivity index (χ1n) is 7.45. The van der Waals surface area contributed by atoms with E-state index >= 15 is 0 Å². The van der Waals surface area contributed by atoms with E-state index < -0.39 is 0 Å². The first-order chi connectivity index (χ1) is 9.22. The Morgan fingerprint density at radius 3 is 2.58 bits per heavy atom. The molecule has 1 rings (SSSR count). The Labute approximate surface area is 117 Å². The van der Waals surface area contributed by atoms with Crippen molar-refractivity contribution in [3.8, 4) is 0 Å². The van der Waals surface area contributed by atoms with Gasteiger partial charge in [0.25, 0.3) is 0 Å². The van der Waals surface area contributed by atoms with Crippen molar-refractivity contribution in [2.24, 2.45) is 0 Å². The molecule has 0 amide bonds. The van der Waals surface area contributed by atoms with E-state index in [0.717, 1.165) is 19.3 Å². The molecule has 2 heteroatoms. The van der Waals surface area contributed by atoms with Crippen molar-refractivity contribution in [1.82, 2.24) is 0 Å². The number of carbonyl (C=O) groups excluding carboxylic acids is 1. The molecule has 0 saturated carbocycles. The van der Waals surface area contributed by atoms with Gasteiger partial charge in [0, 0.05) is 6.42 Å². The molecule has 0 aliphatic rings. The molecule has 0 fully saturated rings. The lowest BCUT2D eigenvalue weighted by molar-refractivity contribution is -0.148. The number of rotatable bonds is 9. The molecule has 0 aliphatic heterocycles. The molecular weight excluding hydrogens is 236 g/mol. The lowest BCUT2D eigenvalue weighted by Gasteiger charge is -2.13. The zero-order valence-corrected chi connectivity index (χ0v) is 12.2. The van der Waals surface area contributed by atoms with Gasteiger partial charge in [0.05, 0.1) is 6.10 Å². The molecule has 0 bridgehead atoms. The van der Waals surface area contributed by atoms with Gasteiger partial charge in [-0.05, 0) is 31.7 Å². The van der Waals surface area contributed by atoms with Crippen molar-refractivity contribution in [3.05, 3.63) is 35.9 Å². The Morgan fingerprint density at radius 2 is 1.89 bits per heavy atom. The van der Waals surface area contributed by atoms with Crippen molar-refractivity contribution in [3.63, 3.8) is 0 Å². The SMILES string of the molecule is CCCCCC[C@@H](C)OC(=O)CCc1ccccc1. The monoisotopic (exact) mass is 262 g/mol. The molecule has 1 atom stereocenters. The minimum atomic E-state index is -0.0770. The van der Waals surface area contributed by atoms with Crippen LogP contribution in [-0.4, -0.2) is 12.1 Å². The van der Waals surface area contributed by atoms with Crippen LogP contribution in [0.25, 0.3) is 0 Å². The maximum Gasteiger partial charge on any atom is 0.306 e. The van der Waals surface area contributed by atoms with Crippen LogP contribution in [-0.2, 0) is 16.0 Å². The van der Waals surface area contributed by atoms with E-state index in [-0.39, 0.29) is 12.1 Å². The number of aryl methyl sites for hydroxylation is 1. The maximum absolute atomic E-state index is 11.7. The van der Waals surface area contributed by atoms with Crippen molar-refractivity contribution in [2.75, 3.05) is 0 Å². The second kappa shape index (κ2) is 9.60. The van der Waals surface area contributed by atoms with Crippen LogP contribution in [0.1, 0.15) is 57.9 Å². The minimum Gasteiger partial charge on any atom is -0.463 e. The number of carbonyl (C=O) groups is 1. The van der Waals surface area contributed by atoms with Gasteiger partial charge >= 0.3 is 5.97 Å². The Hall–Kier alpha value is -1.31. The van der Waals surface area contributed by atoms with Gasteiger partial charge in [0.2, 0.25) is 0 Å². The summed E-state index contributed by atoms with van der Waals surface area (Å²) in [5, 5.41) is 0. The Kier molecular flexibility index (Phi) is 7.95. The van der Waals surface area contributed by atoms with Gasteiger partial charge in [-0.3, -0.25) is 4.79 Å². The molecule has 0 saturated heterocycles. The second-order valence-electron chi connectivity index (χ2n) is 5.14. The van der Waals surface area contributed by atoms with Crippen LogP contribution in [0.2, 0.25) is 0 Å². The quantitative estimate of drug-likeness (QED) is 0.483. The fourth-order valence-electron chi connectivity index (χ4n) is 2.09. The molecule has 19 heavy (non-hydrogen) atoms. The zero-order valence-electron chi connectivity index (χ0n) is 12.2. The molecule has 0 radical (unpaired) electrons. The predicted molar refractivity (Wildman–Crippen MR) is 79.1 cm³/mol. The average Bonchev–Trinajstić information content (AvgIpc) is 2.42. The summed E-state index contributed by atoms with van der Waals surface area (Å²) < 4.78 is 5.41. The number of ether oxygens (including phenoxy) is 1. The molecule has 106 valence electrons. The summed E-state index contributed by atoms with van der Waals surface area (Å²) in [6, 6.07) is 10.1. The Bertz CT molecular complexity index is 346. The second-order valence-corrected chi connectivity index (χ2v) is 5.14. The van der Waals surface area contributed by atoms with Gasteiger partial charge < -0.3 is 4.74 Å². The third-order valence-corrected chi connectivity index (χ3v) is 3.26. The fraction of sp³-hybridized carbons (Fsp3) is 0.588. The number of esters is 1. The van der Waals surface area contributed by atoms with Crippen LogP contribution in [0.5, 0.6) is 0 Å². The van der Waals surface area contributed by atoms with Gasteiger partial charge in [-0.25, -0.2) is 0 Å². The number of hydrogen-bond acceptors (Lipinski definition) is 2. The number of benzene rings is 1. The highest BCUT2D eigenvalue weighted by molar-refractivity contribution is 5.69. The Balaban J connectivity index is 2.13. The van der Waals surface area contributed by atoms with Gasteiger partial charge in [-0.1, -0.05) is 56.5 Å². The van der Waals surface area contributed by atoms with Crippen molar-refractivity contribution in [2.45, 2.75) is 64.9 Å². The van der Waals surface area contributed by atoms with Crippen LogP contribution in [0, 0.1) is 0 Å². The molecule has 0 heterocycles. The number of unbranched alkanes of at least 4 members (excludes halogenated alkanes) is 3. The molecule has 0 unspecified atom stereocenters. The highest BCUT2D eigenvalue weighted by Crippen LogP contribution is 2.10. The summed E-state index contributed by atoms with van der Waals surface area (Å²) in [7, 11) is 0. The van der Waals surface area contributed by atoms with Gasteiger partial charge in [-0.2, -0.15) is 0 Å². The maximum atomic E-state index is 11.7. The lowest BCUT2D eigenvalue weighted by Crippen LogP contribution is -2.15. The Morgan fingerprint density at radius 1 is 1.16 bits per heavy atom. The smallest absolute Gasteiger partial charge is 0.306 e. The lowest BCUT2D eigenvalue weighted by atomic mass is 10.1. The summed E-state index contributed by atoms with van der Waals surface area (Å²) in [4.78, 5) is 11.7. The summed E-state index contributed by atoms with van der Waals surface area (Å²) >= 11 is 0. The minimum absolute atomic E-state index is 0.0557. The van der Waals surface area contributed by atoms with Gasteiger partial charge in [0.15, 0.2) is 0 Å². The van der Waals surface area contributed by atoms with E-state index in [2.05, 4.69) is 6.92 Å². The molecule has 1 aromatic carbocycles. The van der Waals surface area contributed by atoms with Crippen LogP contribution < -0.4 is 0 Å².